The van der Waals surface area contributed by atoms with Gasteiger partial charge in [0.2, 0.25) is 0 Å². The fourth-order valence-corrected chi connectivity index (χ4v) is 2.84. The number of hydrogen-bond acceptors (Lipinski definition) is 2. The van der Waals surface area contributed by atoms with Crippen LogP contribution < -0.4 is 0 Å². The van der Waals surface area contributed by atoms with E-state index in [-0.39, 0.29) is 5.82 Å². The Morgan fingerprint density at radius 3 is 2.94 bits per heavy atom. The van der Waals surface area contributed by atoms with Crippen molar-refractivity contribution in [1.82, 2.24) is 0 Å². The smallest absolute Gasteiger partial charge is 0.124 e. The Morgan fingerprint density at radius 1 is 1.38 bits per heavy atom. The number of aliphatic hydroxyl groups excluding tert-OH is 1. The quantitative estimate of drug-likeness (QED) is 0.843. The van der Waals surface area contributed by atoms with E-state index in [9.17, 15) is 9.50 Å². The minimum Gasteiger partial charge on any atom is -0.388 e. The van der Waals surface area contributed by atoms with Crippen molar-refractivity contribution < 1.29 is 9.50 Å². The fourth-order valence-electron chi connectivity index (χ4n) is 1.73. The topological polar surface area (TPSA) is 20.2 Å². The van der Waals surface area contributed by atoms with Crippen molar-refractivity contribution in [2.75, 3.05) is 0 Å². The summed E-state index contributed by atoms with van der Waals surface area (Å²) in [6, 6.07) is 6.70. The molecule has 86 valence electrons. The second-order valence-electron chi connectivity index (χ2n) is 3.99. The lowest BCUT2D eigenvalue weighted by atomic mass is 10.1. The molecule has 0 aliphatic rings. The third-order valence-corrected chi connectivity index (χ3v) is 3.86. The fraction of sp³-hybridized carbons (Fsp3) is 0.385. The lowest BCUT2D eigenvalue weighted by molar-refractivity contribution is 0.168. The first-order valence-corrected chi connectivity index (χ1v) is 6.39. The predicted octanol–water partition coefficient (Wildman–Crippen LogP) is 4.26. The Hall–Kier alpha value is -0.930. The Balaban J connectivity index is 2.25. The summed E-state index contributed by atoms with van der Waals surface area (Å²) in [6.45, 7) is 2.10. The highest BCUT2D eigenvalue weighted by molar-refractivity contribution is 7.19. The molecular formula is C13H15FOS. The van der Waals surface area contributed by atoms with E-state index in [4.69, 9.17) is 0 Å². The van der Waals surface area contributed by atoms with Gasteiger partial charge in [0.25, 0.3) is 0 Å². The van der Waals surface area contributed by atoms with E-state index in [1.165, 1.54) is 23.5 Å². The van der Waals surface area contributed by atoms with Crippen LogP contribution in [0.1, 0.15) is 37.2 Å². The molecule has 0 bridgehead atoms. The van der Waals surface area contributed by atoms with Crippen LogP contribution in [0.3, 0.4) is 0 Å². The van der Waals surface area contributed by atoms with Crippen LogP contribution in [0.4, 0.5) is 4.39 Å². The van der Waals surface area contributed by atoms with E-state index in [0.29, 0.717) is 0 Å². The molecule has 1 N–H and O–H groups in total. The average Bonchev–Trinajstić information content (AvgIpc) is 2.68. The summed E-state index contributed by atoms with van der Waals surface area (Å²) in [7, 11) is 0. The third-order valence-electron chi connectivity index (χ3n) is 2.66. The zero-order valence-corrected chi connectivity index (χ0v) is 10.1. The van der Waals surface area contributed by atoms with Crippen molar-refractivity contribution >= 4 is 21.4 Å². The van der Waals surface area contributed by atoms with Crippen LogP contribution in [0, 0.1) is 5.82 Å². The highest BCUT2D eigenvalue weighted by Gasteiger charge is 2.11. The second kappa shape index (κ2) is 4.93. The van der Waals surface area contributed by atoms with Gasteiger partial charge >= 0.3 is 0 Å². The van der Waals surface area contributed by atoms with E-state index < -0.39 is 6.10 Å². The largest absolute Gasteiger partial charge is 0.388 e. The summed E-state index contributed by atoms with van der Waals surface area (Å²) in [5, 5.41) is 10.9. The first kappa shape index (κ1) is 11.6. The number of unbranched alkanes of at least 4 members (excludes halogenated alkanes) is 1. The lowest BCUT2D eigenvalue weighted by Gasteiger charge is -2.05. The Labute approximate surface area is 98.5 Å². The number of halogens is 1. The van der Waals surface area contributed by atoms with E-state index in [1.54, 1.807) is 6.07 Å². The molecule has 1 atom stereocenters. The van der Waals surface area contributed by atoms with Crippen molar-refractivity contribution in [3.63, 3.8) is 0 Å². The van der Waals surface area contributed by atoms with Gasteiger partial charge in [0.15, 0.2) is 0 Å². The van der Waals surface area contributed by atoms with E-state index >= 15 is 0 Å². The van der Waals surface area contributed by atoms with Gasteiger partial charge in [-0.1, -0.05) is 25.8 Å². The van der Waals surface area contributed by atoms with E-state index in [1.807, 2.05) is 6.07 Å². The molecular weight excluding hydrogens is 223 g/mol. The molecule has 2 aromatic rings. The lowest BCUT2D eigenvalue weighted by Crippen LogP contribution is -1.93. The molecule has 1 unspecified atom stereocenters. The Bertz CT molecular complexity index is 478. The van der Waals surface area contributed by atoms with Crippen LogP contribution in [0.2, 0.25) is 0 Å². The standard InChI is InChI=1S/C13H15FOS/c1-2-3-4-11(15)13-7-9-5-6-10(14)8-12(9)16-13/h5-8,11,15H,2-4H2,1H3. The normalized spacial score (nSPS) is 13.2. The maximum absolute atomic E-state index is 13.0. The molecule has 2 rings (SSSR count). The summed E-state index contributed by atoms with van der Waals surface area (Å²) in [6.07, 6.45) is 2.48. The van der Waals surface area contributed by atoms with Gasteiger partial charge in [-0.15, -0.1) is 11.3 Å². The molecule has 0 spiro atoms. The maximum Gasteiger partial charge on any atom is 0.124 e. The average molecular weight is 238 g/mol. The Morgan fingerprint density at radius 2 is 2.19 bits per heavy atom. The number of benzene rings is 1. The number of rotatable bonds is 4. The molecule has 0 aliphatic heterocycles. The van der Waals surface area contributed by atoms with Gasteiger partial charge in [0.1, 0.15) is 5.82 Å². The summed E-state index contributed by atoms with van der Waals surface area (Å²) >= 11 is 1.48. The maximum atomic E-state index is 13.0. The van der Waals surface area contributed by atoms with E-state index in [2.05, 4.69) is 6.92 Å². The molecule has 0 amide bonds. The number of aliphatic hydroxyl groups is 1. The summed E-state index contributed by atoms with van der Waals surface area (Å²) in [4.78, 5) is 0.939. The van der Waals surface area contributed by atoms with Gasteiger partial charge in [0.05, 0.1) is 6.10 Å². The molecule has 16 heavy (non-hydrogen) atoms. The van der Waals surface area contributed by atoms with Gasteiger partial charge in [0, 0.05) is 9.58 Å². The SMILES string of the molecule is CCCCC(O)c1cc2ccc(F)cc2s1. The number of hydrogen-bond donors (Lipinski definition) is 1. The van der Waals surface area contributed by atoms with Gasteiger partial charge in [-0.2, -0.15) is 0 Å². The van der Waals surface area contributed by atoms with Crippen molar-refractivity contribution in [3.05, 3.63) is 35.0 Å². The zero-order chi connectivity index (χ0) is 11.5. The van der Waals surface area contributed by atoms with E-state index in [0.717, 1.165) is 34.2 Å². The minimum absolute atomic E-state index is 0.219. The van der Waals surface area contributed by atoms with Crippen LogP contribution in [-0.4, -0.2) is 5.11 Å². The molecule has 1 aromatic carbocycles. The molecule has 0 saturated carbocycles. The minimum atomic E-state index is -0.402. The molecule has 0 saturated heterocycles. The molecule has 3 heteroatoms. The molecule has 0 fully saturated rings. The van der Waals surface area contributed by atoms with Crippen LogP contribution in [0.15, 0.2) is 24.3 Å². The summed E-state index contributed by atoms with van der Waals surface area (Å²) in [5.41, 5.74) is 0. The number of fused-ring (bicyclic) bond motifs is 1. The monoisotopic (exact) mass is 238 g/mol. The van der Waals surface area contributed by atoms with Crippen LogP contribution >= 0.6 is 11.3 Å². The van der Waals surface area contributed by atoms with Gasteiger partial charge in [-0.25, -0.2) is 4.39 Å². The predicted molar refractivity (Wildman–Crippen MR) is 66.3 cm³/mol. The summed E-state index contributed by atoms with van der Waals surface area (Å²) < 4.78 is 13.9. The molecule has 0 radical (unpaired) electrons. The van der Waals surface area contributed by atoms with Crippen LogP contribution in [-0.2, 0) is 0 Å². The first-order valence-electron chi connectivity index (χ1n) is 5.57. The third kappa shape index (κ3) is 2.42. The number of thiophene rings is 1. The van der Waals surface area contributed by atoms with Gasteiger partial charge in [-0.3, -0.25) is 0 Å². The second-order valence-corrected chi connectivity index (χ2v) is 5.10. The van der Waals surface area contributed by atoms with Crippen molar-refractivity contribution in [1.29, 1.82) is 0 Å². The van der Waals surface area contributed by atoms with Crippen molar-refractivity contribution in [2.24, 2.45) is 0 Å². The van der Waals surface area contributed by atoms with Crippen LogP contribution in [0.5, 0.6) is 0 Å². The highest BCUT2D eigenvalue weighted by Crippen LogP contribution is 2.32. The molecule has 1 aromatic heterocycles. The van der Waals surface area contributed by atoms with Gasteiger partial charge < -0.3 is 5.11 Å². The molecule has 0 aliphatic carbocycles. The highest BCUT2D eigenvalue weighted by atomic mass is 32.1. The first-order chi connectivity index (χ1) is 7.70. The summed E-state index contributed by atoms with van der Waals surface area (Å²) in [5.74, 6) is -0.219. The van der Waals surface area contributed by atoms with Gasteiger partial charge in [-0.05, 0) is 30.0 Å². The Kier molecular flexibility index (Phi) is 3.56. The van der Waals surface area contributed by atoms with Crippen molar-refractivity contribution in [3.8, 4) is 0 Å². The van der Waals surface area contributed by atoms with Crippen LogP contribution in [0.25, 0.3) is 10.1 Å². The molecule has 1 nitrogen and oxygen atoms in total. The molecule has 1 heterocycles. The zero-order valence-electron chi connectivity index (χ0n) is 9.24. The van der Waals surface area contributed by atoms with Crippen molar-refractivity contribution in [2.45, 2.75) is 32.3 Å².